The Morgan fingerprint density at radius 3 is 2.33 bits per heavy atom. The number of amides is 3. The van der Waals surface area contributed by atoms with Crippen molar-refractivity contribution in [2.24, 2.45) is 0 Å². The van der Waals surface area contributed by atoms with Crippen molar-refractivity contribution >= 4 is 23.7 Å². The monoisotopic (exact) mass is 209 g/mol. The maximum absolute atomic E-state index is 11.2. The molecule has 0 saturated heterocycles. The van der Waals surface area contributed by atoms with Crippen molar-refractivity contribution in [3.63, 3.8) is 0 Å². The number of nitrogens with zero attached hydrogens (tertiary/aromatic N) is 1. The van der Waals surface area contributed by atoms with E-state index in [0.717, 1.165) is 12.2 Å². The molecule has 0 atom stereocenters. The van der Waals surface area contributed by atoms with Gasteiger partial charge in [-0.05, 0) is 0 Å². The number of carbonyl (C=O) groups excluding carboxylic acids is 4. The van der Waals surface area contributed by atoms with Gasteiger partial charge in [0.25, 0.3) is 11.8 Å². The van der Waals surface area contributed by atoms with Gasteiger partial charge in [-0.25, -0.2) is 9.69 Å². The van der Waals surface area contributed by atoms with Crippen LogP contribution in [0, 0.1) is 0 Å². The molecule has 1 aliphatic heterocycles. The zero-order valence-corrected chi connectivity index (χ0v) is 7.63. The van der Waals surface area contributed by atoms with Crippen molar-refractivity contribution in [1.82, 2.24) is 4.90 Å². The highest BCUT2D eigenvalue weighted by atomic mass is 16.5. The number of ether oxygens (including phenoxy) is 1. The molecule has 6 nitrogen and oxygen atoms in total. The lowest BCUT2D eigenvalue weighted by atomic mass is 10.5. The molecule has 0 bridgehead atoms. The summed E-state index contributed by atoms with van der Waals surface area (Å²) in [6.45, 7) is 3.11. The van der Waals surface area contributed by atoms with Gasteiger partial charge >= 0.3 is 11.9 Å². The van der Waals surface area contributed by atoms with E-state index in [-0.39, 0.29) is 11.5 Å². The summed E-state index contributed by atoms with van der Waals surface area (Å²) in [6, 6.07) is 0. The summed E-state index contributed by atoms with van der Waals surface area (Å²) in [5, 5.41) is 0. The highest BCUT2D eigenvalue weighted by molar-refractivity contribution is 6.42. The third-order valence-corrected chi connectivity index (χ3v) is 1.52. The molecule has 0 saturated carbocycles. The molecule has 1 rings (SSSR count). The fraction of sp³-hybridized carbons (Fsp3) is 0.111. The van der Waals surface area contributed by atoms with Crippen LogP contribution in [0.15, 0.2) is 24.8 Å². The van der Waals surface area contributed by atoms with Gasteiger partial charge in [-0.1, -0.05) is 12.7 Å². The van der Waals surface area contributed by atoms with Crippen LogP contribution >= 0.6 is 0 Å². The summed E-state index contributed by atoms with van der Waals surface area (Å²) in [7, 11) is 0. The second kappa shape index (κ2) is 4.32. The highest BCUT2D eigenvalue weighted by Gasteiger charge is 2.35. The lowest BCUT2D eigenvalue weighted by Crippen LogP contribution is -2.41. The molecule has 0 aromatic heterocycles. The molecule has 0 unspecified atom stereocenters. The zero-order chi connectivity index (χ0) is 11.4. The Bertz CT molecular complexity index is 364. The molecule has 1 heterocycles. The minimum absolute atomic E-state index is 0.159. The van der Waals surface area contributed by atoms with Crippen molar-refractivity contribution in [3.05, 3.63) is 24.8 Å². The molecular weight excluding hydrogens is 202 g/mol. The van der Waals surface area contributed by atoms with E-state index in [9.17, 15) is 19.2 Å². The van der Waals surface area contributed by atoms with Crippen molar-refractivity contribution in [3.8, 4) is 0 Å². The number of carbonyl (C=O) groups is 4. The minimum atomic E-state index is -1.29. The summed E-state index contributed by atoms with van der Waals surface area (Å²) < 4.78 is 4.38. The highest BCUT2D eigenvalue weighted by Crippen LogP contribution is 2.04. The fourth-order valence-corrected chi connectivity index (χ4v) is 0.888. The molecule has 0 N–H and O–H groups in total. The number of esters is 1. The maximum atomic E-state index is 11.2. The molecular formula is C9H7NO5. The summed E-state index contributed by atoms with van der Waals surface area (Å²) in [6.07, 6.45) is 3.07. The van der Waals surface area contributed by atoms with Crippen LogP contribution in [0.5, 0.6) is 0 Å². The molecule has 0 fully saturated rings. The van der Waals surface area contributed by atoms with Gasteiger partial charge in [-0.2, -0.15) is 0 Å². The first-order valence-electron chi connectivity index (χ1n) is 3.96. The van der Waals surface area contributed by atoms with E-state index in [1.54, 1.807) is 0 Å². The van der Waals surface area contributed by atoms with Crippen molar-refractivity contribution in [1.29, 1.82) is 0 Å². The van der Waals surface area contributed by atoms with Crippen LogP contribution in [0.1, 0.15) is 0 Å². The van der Waals surface area contributed by atoms with Crippen LogP contribution in [0.2, 0.25) is 0 Å². The lowest BCUT2D eigenvalue weighted by molar-refractivity contribution is -0.163. The Morgan fingerprint density at radius 2 is 1.87 bits per heavy atom. The molecule has 15 heavy (non-hydrogen) atoms. The Labute approximate surface area is 84.8 Å². The van der Waals surface area contributed by atoms with Crippen molar-refractivity contribution in [2.45, 2.75) is 0 Å². The normalized spacial score (nSPS) is 14.3. The molecule has 0 aliphatic carbocycles. The smallest absolute Gasteiger partial charge is 0.398 e. The summed E-state index contributed by atoms with van der Waals surface area (Å²) in [5.74, 6) is -4.25. The van der Waals surface area contributed by atoms with E-state index in [1.807, 2.05) is 0 Å². The SMILES string of the molecule is C=CCOC(=O)C(=O)N1C(=O)C=CC1=O. The van der Waals surface area contributed by atoms with Gasteiger partial charge in [0.15, 0.2) is 0 Å². The fourth-order valence-electron chi connectivity index (χ4n) is 0.888. The first-order chi connectivity index (χ1) is 7.07. The van der Waals surface area contributed by atoms with Gasteiger partial charge in [0, 0.05) is 12.2 Å². The third-order valence-electron chi connectivity index (χ3n) is 1.52. The average Bonchev–Trinajstić information content (AvgIpc) is 2.54. The molecule has 0 radical (unpaired) electrons. The number of hydrogen-bond donors (Lipinski definition) is 0. The van der Waals surface area contributed by atoms with E-state index in [1.165, 1.54) is 6.08 Å². The van der Waals surface area contributed by atoms with E-state index < -0.39 is 23.7 Å². The van der Waals surface area contributed by atoms with E-state index >= 15 is 0 Å². The van der Waals surface area contributed by atoms with Crippen LogP contribution in [0.25, 0.3) is 0 Å². The van der Waals surface area contributed by atoms with Crippen LogP contribution in [0.3, 0.4) is 0 Å². The molecule has 0 aromatic carbocycles. The molecule has 1 aliphatic rings. The Morgan fingerprint density at radius 1 is 1.33 bits per heavy atom. The molecule has 0 spiro atoms. The van der Waals surface area contributed by atoms with E-state index in [4.69, 9.17) is 0 Å². The summed E-state index contributed by atoms with van der Waals surface area (Å²) in [5.41, 5.74) is 0. The molecule has 6 heteroatoms. The first-order valence-corrected chi connectivity index (χ1v) is 3.96. The predicted octanol–water partition coefficient (Wildman–Crippen LogP) is -0.833. The van der Waals surface area contributed by atoms with Gasteiger partial charge in [-0.3, -0.25) is 14.4 Å². The van der Waals surface area contributed by atoms with Gasteiger partial charge in [0.1, 0.15) is 6.61 Å². The van der Waals surface area contributed by atoms with Crippen LogP contribution in [-0.4, -0.2) is 35.2 Å². The lowest BCUT2D eigenvalue weighted by Gasteiger charge is -2.09. The Kier molecular flexibility index (Phi) is 3.12. The van der Waals surface area contributed by atoms with Crippen LogP contribution < -0.4 is 0 Å². The molecule has 3 amide bonds. The van der Waals surface area contributed by atoms with Gasteiger partial charge in [-0.15, -0.1) is 0 Å². The van der Waals surface area contributed by atoms with Crippen LogP contribution in [0.4, 0.5) is 0 Å². The Hall–Kier alpha value is -2.24. The largest absolute Gasteiger partial charge is 0.454 e. The van der Waals surface area contributed by atoms with E-state index in [2.05, 4.69) is 11.3 Å². The quantitative estimate of drug-likeness (QED) is 0.256. The Balaban J connectivity index is 2.69. The van der Waals surface area contributed by atoms with Crippen LogP contribution in [-0.2, 0) is 23.9 Å². The van der Waals surface area contributed by atoms with E-state index in [0.29, 0.717) is 0 Å². The molecule has 0 aromatic rings. The van der Waals surface area contributed by atoms with Gasteiger partial charge in [0.2, 0.25) is 0 Å². The minimum Gasteiger partial charge on any atom is -0.454 e. The summed E-state index contributed by atoms with van der Waals surface area (Å²) >= 11 is 0. The van der Waals surface area contributed by atoms with Gasteiger partial charge in [0.05, 0.1) is 0 Å². The maximum Gasteiger partial charge on any atom is 0.398 e. The van der Waals surface area contributed by atoms with Crippen molar-refractivity contribution in [2.75, 3.05) is 6.61 Å². The zero-order valence-electron chi connectivity index (χ0n) is 7.63. The van der Waals surface area contributed by atoms with Crippen molar-refractivity contribution < 1.29 is 23.9 Å². The average molecular weight is 209 g/mol. The number of imide groups is 3. The number of hydrogen-bond acceptors (Lipinski definition) is 5. The summed E-state index contributed by atoms with van der Waals surface area (Å²) in [4.78, 5) is 44.4. The predicted molar refractivity (Wildman–Crippen MR) is 47.2 cm³/mol. The standard InChI is InChI=1S/C9H7NO5/c1-2-5-15-9(14)8(13)10-6(11)3-4-7(10)12/h2-4H,1,5H2. The molecule has 78 valence electrons. The third kappa shape index (κ3) is 2.16. The first kappa shape index (κ1) is 10.8. The second-order valence-electron chi connectivity index (χ2n) is 2.54. The van der Waals surface area contributed by atoms with Gasteiger partial charge < -0.3 is 4.74 Å². The second-order valence-corrected chi connectivity index (χ2v) is 2.54. The topological polar surface area (TPSA) is 80.8 Å². The number of rotatable bonds is 2.